The number of aryl methyl sites for hydroxylation is 2. The van der Waals surface area contributed by atoms with Gasteiger partial charge in [-0.15, -0.1) is 0 Å². The Morgan fingerprint density at radius 3 is 2.36 bits per heavy atom. The zero-order valence-electron chi connectivity index (χ0n) is 8.41. The van der Waals surface area contributed by atoms with Gasteiger partial charge in [-0.1, -0.05) is 17.8 Å². The van der Waals surface area contributed by atoms with Crippen LogP contribution in [0.3, 0.4) is 0 Å². The number of benzene rings is 1. The Morgan fingerprint density at radius 2 is 1.86 bits per heavy atom. The summed E-state index contributed by atoms with van der Waals surface area (Å²) in [5, 5.41) is 0.176. The molecule has 1 saturated heterocycles. The predicted octanol–water partition coefficient (Wildman–Crippen LogP) is 2.98. The minimum Gasteiger partial charge on any atom is -0.302 e. The molecule has 1 fully saturated rings. The van der Waals surface area contributed by atoms with E-state index < -0.39 is 0 Å². The van der Waals surface area contributed by atoms with E-state index in [4.69, 9.17) is 0 Å². The molecule has 1 aliphatic rings. The van der Waals surface area contributed by atoms with E-state index in [2.05, 4.69) is 32.0 Å². The number of rotatable bonds is 1. The van der Waals surface area contributed by atoms with Crippen molar-refractivity contribution in [2.24, 2.45) is 0 Å². The smallest absolute Gasteiger partial charge is 0.286 e. The second kappa shape index (κ2) is 3.65. The van der Waals surface area contributed by atoms with Gasteiger partial charge in [0, 0.05) is 18.0 Å². The third-order valence-corrected chi connectivity index (χ3v) is 3.13. The monoisotopic (exact) mass is 207 g/mol. The first kappa shape index (κ1) is 9.59. The Kier molecular flexibility index (Phi) is 2.50. The zero-order valence-corrected chi connectivity index (χ0v) is 9.23. The van der Waals surface area contributed by atoms with Crippen LogP contribution in [0, 0.1) is 13.8 Å². The van der Waals surface area contributed by atoms with Crippen LogP contribution in [0.2, 0.25) is 0 Å². The van der Waals surface area contributed by atoms with Crippen molar-refractivity contribution in [3.63, 3.8) is 0 Å². The molecular formula is C11H13NOS. The molecule has 1 aliphatic heterocycles. The predicted molar refractivity (Wildman–Crippen MR) is 61.1 cm³/mol. The summed E-state index contributed by atoms with van der Waals surface area (Å²) in [7, 11) is 0. The summed E-state index contributed by atoms with van der Waals surface area (Å²) >= 11 is 1.40. The lowest BCUT2D eigenvalue weighted by Gasteiger charge is -2.15. The maximum absolute atomic E-state index is 11.5. The quantitative estimate of drug-likeness (QED) is 0.705. The van der Waals surface area contributed by atoms with Crippen molar-refractivity contribution in [1.29, 1.82) is 0 Å². The van der Waals surface area contributed by atoms with E-state index in [9.17, 15) is 4.79 Å². The van der Waals surface area contributed by atoms with Gasteiger partial charge in [-0.25, -0.2) is 0 Å². The number of carbonyl (C=O) groups is 1. The summed E-state index contributed by atoms with van der Waals surface area (Å²) in [5.74, 6) is 0.909. The molecule has 3 heteroatoms. The summed E-state index contributed by atoms with van der Waals surface area (Å²) < 4.78 is 0. The normalized spacial score (nSPS) is 16.4. The maximum atomic E-state index is 11.5. The van der Waals surface area contributed by atoms with Crippen molar-refractivity contribution >= 4 is 22.7 Å². The Labute approximate surface area is 88.3 Å². The molecule has 14 heavy (non-hydrogen) atoms. The number of hydrogen-bond donors (Lipinski definition) is 0. The SMILES string of the molecule is Cc1cc(C)cc(N2CCSC2=O)c1. The van der Waals surface area contributed by atoms with E-state index in [0.29, 0.717) is 0 Å². The number of carbonyl (C=O) groups excluding carboxylic acids is 1. The van der Waals surface area contributed by atoms with Gasteiger partial charge in [-0.2, -0.15) is 0 Å². The van der Waals surface area contributed by atoms with Gasteiger partial charge in [0.15, 0.2) is 0 Å². The van der Waals surface area contributed by atoms with Gasteiger partial charge in [0.2, 0.25) is 0 Å². The highest BCUT2D eigenvalue weighted by Gasteiger charge is 2.22. The van der Waals surface area contributed by atoms with Gasteiger partial charge in [0.1, 0.15) is 0 Å². The van der Waals surface area contributed by atoms with E-state index >= 15 is 0 Å². The number of anilines is 1. The van der Waals surface area contributed by atoms with Crippen LogP contribution < -0.4 is 4.90 Å². The van der Waals surface area contributed by atoms with Crippen LogP contribution in [-0.4, -0.2) is 17.5 Å². The summed E-state index contributed by atoms with van der Waals surface area (Å²) in [4.78, 5) is 13.3. The van der Waals surface area contributed by atoms with Crippen LogP contribution in [0.5, 0.6) is 0 Å². The first-order valence-electron chi connectivity index (χ1n) is 4.69. The molecule has 0 aliphatic carbocycles. The third-order valence-electron chi connectivity index (χ3n) is 2.28. The molecule has 1 heterocycles. The molecule has 0 spiro atoms. The largest absolute Gasteiger partial charge is 0.302 e. The van der Waals surface area contributed by atoms with Crippen molar-refractivity contribution in [1.82, 2.24) is 0 Å². The molecule has 0 bridgehead atoms. The minimum absolute atomic E-state index is 0.176. The third kappa shape index (κ3) is 1.77. The molecule has 1 aromatic carbocycles. The number of hydrogen-bond acceptors (Lipinski definition) is 2. The number of nitrogens with zero attached hydrogens (tertiary/aromatic N) is 1. The highest BCUT2D eigenvalue weighted by molar-refractivity contribution is 8.14. The first-order chi connectivity index (χ1) is 6.66. The van der Waals surface area contributed by atoms with E-state index in [-0.39, 0.29) is 5.24 Å². The standard InChI is InChI=1S/C11H13NOS/c1-8-5-9(2)7-10(6-8)12-3-4-14-11(12)13/h5-7H,3-4H2,1-2H3. The van der Waals surface area contributed by atoms with Crippen molar-refractivity contribution in [2.75, 3.05) is 17.2 Å². The van der Waals surface area contributed by atoms with Crippen LogP contribution in [0.4, 0.5) is 10.5 Å². The van der Waals surface area contributed by atoms with Crippen LogP contribution in [0.1, 0.15) is 11.1 Å². The average Bonchev–Trinajstić information content (AvgIpc) is 2.49. The molecule has 2 nitrogen and oxygen atoms in total. The van der Waals surface area contributed by atoms with Crippen molar-refractivity contribution in [2.45, 2.75) is 13.8 Å². The number of amides is 1. The maximum Gasteiger partial charge on any atom is 0.286 e. The van der Waals surface area contributed by atoms with E-state index in [0.717, 1.165) is 18.0 Å². The van der Waals surface area contributed by atoms with Crippen molar-refractivity contribution in [3.05, 3.63) is 29.3 Å². The minimum atomic E-state index is 0.176. The van der Waals surface area contributed by atoms with Gasteiger partial charge < -0.3 is 4.90 Å². The van der Waals surface area contributed by atoms with Gasteiger partial charge in [-0.3, -0.25) is 4.79 Å². The van der Waals surface area contributed by atoms with Crippen LogP contribution in [0.25, 0.3) is 0 Å². The van der Waals surface area contributed by atoms with Gasteiger partial charge in [0.05, 0.1) is 0 Å². The summed E-state index contributed by atoms with van der Waals surface area (Å²) in [5.41, 5.74) is 3.46. The van der Waals surface area contributed by atoms with Gasteiger partial charge >= 0.3 is 0 Å². The molecule has 74 valence electrons. The second-order valence-electron chi connectivity index (χ2n) is 3.61. The molecule has 0 atom stereocenters. The average molecular weight is 207 g/mol. The lowest BCUT2D eigenvalue weighted by molar-refractivity contribution is 0.266. The molecule has 0 saturated carbocycles. The van der Waals surface area contributed by atoms with Crippen molar-refractivity contribution < 1.29 is 4.79 Å². The van der Waals surface area contributed by atoms with Crippen LogP contribution >= 0.6 is 11.8 Å². The molecule has 2 rings (SSSR count). The fourth-order valence-electron chi connectivity index (χ4n) is 1.73. The summed E-state index contributed by atoms with van der Waals surface area (Å²) in [6.45, 7) is 4.96. The Morgan fingerprint density at radius 1 is 1.21 bits per heavy atom. The Balaban J connectivity index is 2.35. The van der Waals surface area contributed by atoms with Crippen LogP contribution in [-0.2, 0) is 0 Å². The fourth-order valence-corrected chi connectivity index (χ4v) is 2.54. The molecule has 0 unspecified atom stereocenters. The van der Waals surface area contributed by atoms with E-state index in [1.807, 2.05) is 4.90 Å². The number of thioether (sulfide) groups is 1. The highest BCUT2D eigenvalue weighted by atomic mass is 32.2. The van der Waals surface area contributed by atoms with Gasteiger partial charge in [-0.05, 0) is 37.1 Å². The van der Waals surface area contributed by atoms with E-state index in [1.165, 1.54) is 22.9 Å². The Bertz CT molecular complexity index is 355. The Hall–Kier alpha value is -0.960. The van der Waals surface area contributed by atoms with Gasteiger partial charge in [0.25, 0.3) is 5.24 Å². The molecule has 0 aromatic heterocycles. The molecule has 1 amide bonds. The fraction of sp³-hybridized carbons (Fsp3) is 0.364. The second-order valence-corrected chi connectivity index (χ2v) is 4.66. The van der Waals surface area contributed by atoms with Crippen molar-refractivity contribution in [3.8, 4) is 0 Å². The highest BCUT2D eigenvalue weighted by Crippen LogP contribution is 2.26. The lowest BCUT2D eigenvalue weighted by atomic mass is 10.1. The summed E-state index contributed by atoms with van der Waals surface area (Å²) in [6.07, 6.45) is 0. The molecule has 0 radical (unpaired) electrons. The molecule has 0 N–H and O–H groups in total. The lowest BCUT2D eigenvalue weighted by Crippen LogP contribution is -2.22. The molecule has 1 aromatic rings. The zero-order chi connectivity index (χ0) is 10.1. The van der Waals surface area contributed by atoms with Crippen LogP contribution in [0.15, 0.2) is 18.2 Å². The summed E-state index contributed by atoms with van der Waals surface area (Å²) in [6, 6.07) is 6.25. The molecular weight excluding hydrogens is 194 g/mol. The van der Waals surface area contributed by atoms with E-state index in [1.54, 1.807) is 0 Å². The first-order valence-corrected chi connectivity index (χ1v) is 5.68. The topological polar surface area (TPSA) is 20.3 Å².